The summed E-state index contributed by atoms with van der Waals surface area (Å²) in [6.45, 7) is 3.23. The number of rotatable bonds is 2. The standard InChI is InChI=1S/C14H14O4S/c1-9-8-14(10(2)7-12(9)16)19(17,18)13-6-4-3-5-11(13)15/h3-8,15-16H,1-2H3. The second kappa shape index (κ2) is 4.59. The number of aryl methyl sites for hydroxylation is 2. The van der Waals surface area contributed by atoms with Crippen molar-refractivity contribution in [1.82, 2.24) is 0 Å². The number of sulfone groups is 1. The number of para-hydroxylation sites is 1. The molecule has 0 unspecified atom stereocenters. The highest BCUT2D eigenvalue weighted by molar-refractivity contribution is 7.91. The second-order valence-electron chi connectivity index (χ2n) is 4.38. The maximum atomic E-state index is 12.5. The Balaban J connectivity index is 2.71. The average molecular weight is 278 g/mol. The summed E-state index contributed by atoms with van der Waals surface area (Å²) >= 11 is 0. The third-order valence-electron chi connectivity index (χ3n) is 2.94. The van der Waals surface area contributed by atoms with Gasteiger partial charge in [-0.3, -0.25) is 0 Å². The van der Waals surface area contributed by atoms with Crippen LogP contribution in [0.25, 0.3) is 0 Å². The quantitative estimate of drug-likeness (QED) is 0.885. The molecule has 0 amide bonds. The zero-order valence-electron chi connectivity index (χ0n) is 10.6. The predicted molar refractivity (Wildman–Crippen MR) is 71.1 cm³/mol. The lowest BCUT2D eigenvalue weighted by Gasteiger charge is -2.11. The van der Waals surface area contributed by atoms with Gasteiger partial charge >= 0.3 is 0 Å². The lowest BCUT2D eigenvalue weighted by molar-refractivity contribution is 0.458. The van der Waals surface area contributed by atoms with Gasteiger partial charge in [-0.15, -0.1) is 0 Å². The Kier molecular flexibility index (Phi) is 3.24. The summed E-state index contributed by atoms with van der Waals surface area (Å²) in [6.07, 6.45) is 0. The highest BCUT2D eigenvalue weighted by Crippen LogP contribution is 2.32. The maximum Gasteiger partial charge on any atom is 0.210 e. The van der Waals surface area contributed by atoms with Gasteiger partial charge in [0.1, 0.15) is 16.4 Å². The number of phenols is 2. The summed E-state index contributed by atoms with van der Waals surface area (Å²) in [7, 11) is -3.80. The third-order valence-corrected chi connectivity index (χ3v) is 4.88. The summed E-state index contributed by atoms with van der Waals surface area (Å²) in [5.74, 6) is -0.235. The van der Waals surface area contributed by atoms with Crippen LogP contribution in [0.4, 0.5) is 0 Å². The van der Waals surface area contributed by atoms with E-state index in [-0.39, 0.29) is 21.3 Å². The highest BCUT2D eigenvalue weighted by atomic mass is 32.2. The molecular weight excluding hydrogens is 264 g/mol. The van der Waals surface area contributed by atoms with Crippen molar-refractivity contribution in [2.75, 3.05) is 0 Å². The van der Waals surface area contributed by atoms with Crippen molar-refractivity contribution in [3.8, 4) is 11.5 Å². The molecule has 2 N–H and O–H groups in total. The highest BCUT2D eigenvalue weighted by Gasteiger charge is 2.23. The Morgan fingerprint density at radius 3 is 2.11 bits per heavy atom. The fourth-order valence-corrected chi connectivity index (χ4v) is 3.52. The van der Waals surface area contributed by atoms with Gasteiger partial charge in [-0.2, -0.15) is 0 Å². The molecule has 0 aliphatic rings. The van der Waals surface area contributed by atoms with Crippen LogP contribution in [0.3, 0.4) is 0 Å². The van der Waals surface area contributed by atoms with E-state index >= 15 is 0 Å². The average Bonchev–Trinajstić information content (AvgIpc) is 2.34. The van der Waals surface area contributed by atoms with Crippen LogP contribution in [0.2, 0.25) is 0 Å². The van der Waals surface area contributed by atoms with E-state index in [9.17, 15) is 18.6 Å². The molecule has 100 valence electrons. The molecule has 2 aromatic carbocycles. The van der Waals surface area contributed by atoms with Crippen LogP contribution in [-0.2, 0) is 9.84 Å². The van der Waals surface area contributed by atoms with Crippen LogP contribution < -0.4 is 0 Å². The first-order valence-electron chi connectivity index (χ1n) is 5.67. The predicted octanol–water partition coefficient (Wildman–Crippen LogP) is 2.55. The van der Waals surface area contributed by atoms with Crippen LogP contribution in [0.15, 0.2) is 46.2 Å². The molecule has 0 saturated heterocycles. The third kappa shape index (κ3) is 2.29. The lowest BCUT2D eigenvalue weighted by Crippen LogP contribution is -2.05. The van der Waals surface area contributed by atoms with Gasteiger partial charge in [0.05, 0.1) is 4.90 Å². The van der Waals surface area contributed by atoms with E-state index < -0.39 is 9.84 Å². The van der Waals surface area contributed by atoms with Gasteiger partial charge < -0.3 is 10.2 Å². The molecule has 0 aliphatic carbocycles. The minimum absolute atomic E-state index is 0.0498. The second-order valence-corrected chi connectivity index (χ2v) is 6.26. The Hall–Kier alpha value is -2.01. The van der Waals surface area contributed by atoms with Gasteiger partial charge in [-0.1, -0.05) is 12.1 Å². The largest absolute Gasteiger partial charge is 0.508 e. The number of benzene rings is 2. The maximum absolute atomic E-state index is 12.5. The molecule has 2 aromatic rings. The van der Waals surface area contributed by atoms with E-state index in [2.05, 4.69) is 0 Å². The number of hydrogen-bond donors (Lipinski definition) is 2. The summed E-state index contributed by atoms with van der Waals surface area (Å²) in [5, 5.41) is 19.3. The van der Waals surface area contributed by atoms with Gasteiger partial charge in [0.25, 0.3) is 0 Å². The van der Waals surface area contributed by atoms with Crippen molar-refractivity contribution in [2.24, 2.45) is 0 Å². The van der Waals surface area contributed by atoms with E-state index in [4.69, 9.17) is 0 Å². The Morgan fingerprint density at radius 2 is 1.47 bits per heavy atom. The first-order valence-corrected chi connectivity index (χ1v) is 7.15. The normalized spacial score (nSPS) is 11.5. The molecule has 0 saturated carbocycles. The topological polar surface area (TPSA) is 74.6 Å². The first-order chi connectivity index (χ1) is 8.84. The summed E-state index contributed by atoms with van der Waals surface area (Å²) in [6, 6.07) is 8.61. The van der Waals surface area contributed by atoms with Gasteiger partial charge in [0, 0.05) is 0 Å². The lowest BCUT2D eigenvalue weighted by atomic mass is 10.1. The van der Waals surface area contributed by atoms with E-state index in [1.807, 2.05) is 0 Å². The van der Waals surface area contributed by atoms with E-state index in [0.29, 0.717) is 11.1 Å². The molecule has 0 atom stereocenters. The monoisotopic (exact) mass is 278 g/mol. The summed E-state index contributed by atoms with van der Waals surface area (Å²) in [4.78, 5) is -0.0486. The SMILES string of the molecule is Cc1cc(S(=O)(=O)c2ccccc2O)c(C)cc1O. The smallest absolute Gasteiger partial charge is 0.210 e. The molecule has 0 fully saturated rings. The molecule has 0 heterocycles. The molecule has 5 heteroatoms. The van der Waals surface area contributed by atoms with Crippen molar-refractivity contribution in [3.63, 3.8) is 0 Å². The van der Waals surface area contributed by atoms with Crippen molar-refractivity contribution in [2.45, 2.75) is 23.6 Å². The Bertz CT molecular complexity index is 733. The molecule has 0 spiro atoms. The zero-order chi connectivity index (χ0) is 14.2. The zero-order valence-corrected chi connectivity index (χ0v) is 11.4. The van der Waals surface area contributed by atoms with E-state index in [1.165, 1.54) is 24.3 Å². The van der Waals surface area contributed by atoms with Gasteiger partial charge in [-0.05, 0) is 49.2 Å². The van der Waals surface area contributed by atoms with Crippen molar-refractivity contribution >= 4 is 9.84 Å². The van der Waals surface area contributed by atoms with Gasteiger partial charge in [-0.25, -0.2) is 8.42 Å². The fourth-order valence-electron chi connectivity index (χ4n) is 1.87. The minimum Gasteiger partial charge on any atom is -0.508 e. The Morgan fingerprint density at radius 1 is 0.842 bits per heavy atom. The fraction of sp³-hybridized carbons (Fsp3) is 0.143. The number of aromatic hydroxyl groups is 2. The number of phenolic OH excluding ortho intramolecular Hbond substituents is 2. The van der Waals surface area contributed by atoms with Crippen molar-refractivity contribution in [3.05, 3.63) is 47.5 Å². The van der Waals surface area contributed by atoms with E-state index in [0.717, 1.165) is 0 Å². The van der Waals surface area contributed by atoms with E-state index in [1.54, 1.807) is 26.0 Å². The van der Waals surface area contributed by atoms with Crippen LogP contribution in [0.1, 0.15) is 11.1 Å². The van der Waals surface area contributed by atoms with Crippen LogP contribution in [-0.4, -0.2) is 18.6 Å². The minimum atomic E-state index is -3.80. The molecule has 2 rings (SSSR count). The molecule has 0 radical (unpaired) electrons. The van der Waals surface area contributed by atoms with Crippen LogP contribution >= 0.6 is 0 Å². The van der Waals surface area contributed by atoms with Crippen molar-refractivity contribution < 1.29 is 18.6 Å². The summed E-state index contributed by atoms with van der Waals surface area (Å²) in [5.41, 5.74) is 0.908. The molecule has 19 heavy (non-hydrogen) atoms. The first kappa shape index (κ1) is 13.4. The Labute approximate surface area is 111 Å². The molecular formula is C14H14O4S. The molecule has 0 aromatic heterocycles. The van der Waals surface area contributed by atoms with Gasteiger partial charge in [0.15, 0.2) is 0 Å². The van der Waals surface area contributed by atoms with Crippen LogP contribution in [0.5, 0.6) is 11.5 Å². The number of hydrogen-bond acceptors (Lipinski definition) is 4. The summed E-state index contributed by atoms with van der Waals surface area (Å²) < 4.78 is 25.0. The van der Waals surface area contributed by atoms with Gasteiger partial charge in [0.2, 0.25) is 9.84 Å². The van der Waals surface area contributed by atoms with Crippen LogP contribution in [0, 0.1) is 13.8 Å². The van der Waals surface area contributed by atoms with Crippen molar-refractivity contribution in [1.29, 1.82) is 0 Å². The molecule has 0 aliphatic heterocycles. The molecule has 4 nitrogen and oxygen atoms in total. The molecule has 0 bridgehead atoms.